The summed E-state index contributed by atoms with van der Waals surface area (Å²) in [5.41, 5.74) is 3.85. The Morgan fingerprint density at radius 3 is 2.05 bits per heavy atom. The molecule has 1 N–H and O–H groups in total. The van der Waals surface area contributed by atoms with E-state index in [4.69, 9.17) is 4.74 Å². The van der Waals surface area contributed by atoms with E-state index >= 15 is 0 Å². The molecule has 0 spiro atoms. The Bertz CT molecular complexity index is 1610. The van der Waals surface area contributed by atoms with Crippen molar-refractivity contribution in [3.63, 3.8) is 0 Å². The molecule has 4 amide bonds. The number of nitrogens with zero attached hydrogens (tertiary/aromatic N) is 2. The predicted molar refractivity (Wildman–Crippen MR) is 141 cm³/mol. The molecule has 196 valence electrons. The lowest BCUT2D eigenvalue weighted by Gasteiger charge is -2.26. The maximum Gasteiger partial charge on any atom is 0.335 e. The standard InChI is InChI=1S/C30H23F2N3O4/c1-18-15-21(16-27-28(36)33-30(38)35(29(27)37)25-9-7-23(32)8-10-25)19(2)34(18)24-11-13-26(14-12-24)39-17-20-3-5-22(31)6-4-20/h3-16H,17H2,1-2H3,(H,33,36,38)/b27-16+. The summed E-state index contributed by atoms with van der Waals surface area (Å²) in [6, 6.07) is 19.3. The summed E-state index contributed by atoms with van der Waals surface area (Å²) >= 11 is 0. The third-order valence-corrected chi connectivity index (χ3v) is 6.37. The first-order valence-electron chi connectivity index (χ1n) is 12.0. The van der Waals surface area contributed by atoms with Gasteiger partial charge in [-0.25, -0.2) is 18.5 Å². The summed E-state index contributed by atoms with van der Waals surface area (Å²) in [6.07, 6.45) is 1.44. The van der Waals surface area contributed by atoms with Crippen LogP contribution in [0.1, 0.15) is 22.5 Å². The number of ether oxygens (including phenoxy) is 1. The van der Waals surface area contributed by atoms with Gasteiger partial charge < -0.3 is 9.30 Å². The van der Waals surface area contributed by atoms with Gasteiger partial charge in [0, 0.05) is 17.1 Å². The van der Waals surface area contributed by atoms with E-state index in [1.165, 1.54) is 30.3 Å². The molecule has 1 aliphatic heterocycles. The molecule has 3 aromatic carbocycles. The van der Waals surface area contributed by atoms with Crippen LogP contribution < -0.4 is 15.0 Å². The van der Waals surface area contributed by atoms with Crippen molar-refractivity contribution in [1.29, 1.82) is 0 Å². The summed E-state index contributed by atoms with van der Waals surface area (Å²) in [4.78, 5) is 39.0. The van der Waals surface area contributed by atoms with Gasteiger partial charge in [0.15, 0.2) is 0 Å². The van der Waals surface area contributed by atoms with Crippen LogP contribution in [0.4, 0.5) is 19.3 Å². The van der Waals surface area contributed by atoms with Crippen LogP contribution >= 0.6 is 0 Å². The molecular formula is C30H23F2N3O4. The van der Waals surface area contributed by atoms with Gasteiger partial charge in [-0.2, -0.15) is 0 Å². The number of hydrogen-bond donors (Lipinski definition) is 1. The van der Waals surface area contributed by atoms with Gasteiger partial charge in [0.05, 0.1) is 5.69 Å². The number of carbonyl (C=O) groups is 3. The van der Waals surface area contributed by atoms with E-state index < -0.39 is 23.7 Å². The summed E-state index contributed by atoms with van der Waals surface area (Å²) < 4.78 is 34.2. The quantitative estimate of drug-likeness (QED) is 0.261. The van der Waals surface area contributed by atoms with Crippen LogP contribution in [0, 0.1) is 25.5 Å². The normalized spacial score (nSPS) is 14.6. The van der Waals surface area contributed by atoms with Gasteiger partial charge in [-0.15, -0.1) is 0 Å². The number of urea groups is 1. The fraction of sp³-hybridized carbons (Fsp3) is 0.100. The number of halogens is 2. The molecule has 0 bridgehead atoms. The van der Waals surface area contributed by atoms with Crippen LogP contribution in [0.2, 0.25) is 0 Å². The number of aromatic nitrogens is 1. The van der Waals surface area contributed by atoms with Crippen LogP contribution in [-0.4, -0.2) is 22.4 Å². The van der Waals surface area contributed by atoms with Crippen molar-refractivity contribution in [1.82, 2.24) is 9.88 Å². The highest BCUT2D eigenvalue weighted by molar-refractivity contribution is 6.39. The van der Waals surface area contributed by atoms with Crippen LogP contribution in [0.3, 0.4) is 0 Å². The number of hydrogen-bond acceptors (Lipinski definition) is 4. The van der Waals surface area contributed by atoms with E-state index in [2.05, 4.69) is 5.32 Å². The third kappa shape index (κ3) is 5.19. The second-order valence-electron chi connectivity index (χ2n) is 9.01. The minimum absolute atomic E-state index is 0.143. The van der Waals surface area contributed by atoms with E-state index in [0.29, 0.717) is 17.9 Å². The summed E-state index contributed by atoms with van der Waals surface area (Å²) in [7, 11) is 0. The number of benzene rings is 3. The number of aryl methyl sites for hydroxylation is 1. The van der Waals surface area contributed by atoms with Crippen LogP contribution in [0.15, 0.2) is 84.4 Å². The molecule has 0 unspecified atom stereocenters. The number of barbiturate groups is 1. The van der Waals surface area contributed by atoms with E-state index in [1.807, 2.05) is 48.7 Å². The number of carbonyl (C=O) groups excluding carboxylic acids is 3. The first-order chi connectivity index (χ1) is 18.7. The molecule has 1 aliphatic rings. The average molecular weight is 528 g/mol. The van der Waals surface area contributed by atoms with Crippen LogP contribution in [-0.2, 0) is 16.2 Å². The Labute approximate surface area is 222 Å². The van der Waals surface area contributed by atoms with Crippen LogP contribution in [0.5, 0.6) is 5.75 Å². The van der Waals surface area contributed by atoms with Crippen molar-refractivity contribution in [3.8, 4) is 11.4 Å². The van der Waals surface area contributed by atoms with Crippen molar-refractivity contribution in [2.75, 3.05) is 4.90 Å². The number of amides is 4. The number of anilines is 1. The minimum atomic E-state index is -0.902. The zero-order valence-electron chi connectivity index (χ0n) is 21.1. The molecule has 0 atom stereocenters. The van der Waals surface area contributed by atoms with Gasteiger partial charge in [0.1, 0.15) is 29.6 Å². The second-order valence-corrected chi connectivity index (χ2v) is 9.01. The van der Waals surface area contributed by atoms with Gasteiger partial charge in [-0.1, -0.05) is 12.1 Å². The van der Waals surface area contributed by atoms with E-state index in [-0.39, 0.29) is 17.1 Å². The van der Waals surface area contributed by atoms with Crippen molar-refractivity contribution in [2.24, 2.45) is 0 Å². The zero-order chi connectivity index (χ0) is 27.7. The van der Waals surface area contributed by atoms with E-state index in [9.17, 15) is 23.2 Å². The number of imide groups is 2. The van der Waals surface area contributed by atoms with Gasteiger partial charge in [-0.3, -0.25) is 14.9 Å². The Morgan fingerprint density at radius 1 is 0.821 bits per heavy atom. The van der Waals surface area contributed by atoms with E-state index in [1.54, 1.807) is 12.1 Å². The molecule has 0 aliphatic carbocycles. The SMILES string of the molecule is Cc1cc(/C=C2\C(=O)NC(=O)N(c3ccc(F)cc3)C2=O)c(C)n1-c1ccc(OCc2ccc(F)cc2)cc1. The molecule has 1 fully saturated rings. The summed E-state index contributed by atoms with van der Waals surface area (Å²) in [6.45, 7) is 4.05. The Balaban J connectivity index is 1.39. The predicted octanol–water partition coefficient (Wildman–Crippen LogP) is 5.62. The number of rotatable bonds is 6. The summed E-state index contributed by atoms with van der Waals surface area (Å²) in [5.74, 6) is -1.79. The molecule has 39 heavy (non-hydrogen) atoms. The first kappa shape index (κ1) is 25.6. The smallest absolute Gasteiger partial charge is 0.335 e. The molecule has 5 rings (SSSR count). The Morgan fingerprint density at radius 2 is 1.41 bits per heavy atom. The Hall–Kier alpha value is -5.05. The van der Waals surface area contributed by atoms with E-state index in [0.717, 1.165) is 39.7 Å². The highest BCUT2D eigenvalue weighted by Gasteiger charge is 2.37. The molecule has 0 radical (unpaired) electrons. The lowest BCUT2D eigenvalue weighted by Crippen LogP contribution is -2.54. The molecular weight excluding hydrogens is 504 g/mol. The van der Waals surface area contributed by atoms with Gasteiger partial charge in [0.2, 0.25) is 0 Å². The topological polar surface area (TPSA) is 80.6 Å². The molecule has 7 nitrogen and oxygen atoms in total. The van der Waals surface area contributed by atoms with Gasteiger partial charge in [0.25, 0.3) is 11.8 Å². The molecule has 1 aromatic heterocycles. The van der Waals surface area contributed by atoms with Crippen molar-refractivity contribution in [3.05, 3.63) is 119 Å². The zero-order valence-corrected chi connectivity index (χ0v) is 21.1. The maximum atomic E-state index is 13.4. The fourth-order valence-electron chi connectivity index (χ4n) is 4.41. The van der Waals surface area contributed by atoms with Crippen molar-refractivity contribution in [2.45, 2.75) is 20.5 Å². The average Bonchev–Trinajstić information content (AvgIpc) is 3.20. The fourth-order valence-corrected chi connectivity index (χ4v) is 4.41. The second kappa shape index (κ2) is 10.4. The highest BCUT2D eigenvalue weighted by atomic mass is 19.1. The molecule has 4 aromatic rings. The monoisotopic (exact) mass is 527 g/mol. The number of nitrogens with one attached hydrogen (secondary N) is 1. The molecule has 2 heterocycles. The van der Waals surface area contributed by atoms with Gasteiger partial charge in [-0.05, 0) is 97.8 Å². The first-order valence-corrected chi connectivity index (χ1v) is 12.0. The lowest BCUT2D eigenvalue weighted by molar-refractivity contribution is -0.122. The van der Waals surface area contributed by atoms with Crippen molar-refractivity contribution < 1.29 is 27.9 Å². The Kier molecular flexibility index (Phi) is 6.81. The van der Waals surface area contributed by atoms with Crippen LogP contribution in [0.25, 0.3) is 11.8 Å². The largest absolute Gasteiger partial charge is 0.489 e. The molecule has 1 saturated heterocycles. The van der Waals surface area contributed by atoms with Gasteiger partial charge >= 0.3 is 6.03 Å². The minimum Gasteiger partial charge on any atom is -0.489 e. The molecule has 9 heteroatoms. The molecule has 0 saturated carbocycles. The third-order valence-electron chi connectivity index (χ3n) is 6.37. The van der Waals surface area contributed by atoms with Crippen molar-refractivity contribution >= 4 is 29.6 Å². The lowest BCUT2D eigenvalue weighted by atomic mass is 10.1. The summed E-state index contributed by atoms with van der Waals surface area (Å²) in [5, 5.41) is 2.17. The highest BCUT2D eigenvalue weighted by Crippen LogP contribution is 2.27. The maximum absolute atomic E-state index is 13.4.